The van der Waals surface area contributed by atoms with Gasteiger partial charge in [0.15, 0.2) is 0 Å². The van der Waals surface area contributed by atoms with Gasteiger partial charge < -0.3 is 9.84 Å². The lowest BCUT2D eigenvalue weighted by Crippen LogP contribution is -1.99. The second kappa shape index (κ2) is 8.50. The van der Waals surface area contributed by atoms with Gasteiger partial charge in [0, 0.05) is 12.2 Å². The summed E-state index contributed by atoms with van der Waals surface area (Å²) in [5.41, 5.74) is 5.75. The summed E-state index contributed by atoms with van der Waals surface area (Å²) in [6.07, 6.45) is 1.63. The normalized spacial score (nSPS) is 10.6. The van der Waals surface area contributed by atoms with Crippen molar-refractivity contribution in [3.8, 4) is 28.0 Å². The Kier molecular flexibility index (Phi) is 5.86. The Morgan fingerprint density at radius 1 is 0.800 bits per heavy atom. The first-order chi connectivity index (χ1) is 12.3. The van der Waals surface area contributed by atoms with Crippen LogP contribution in [0.3, 0.4) is 0 Å². The molecule has 0 aliphatic carbocycles. The van der Waals surface area contributed by atoms with Crippen molar-refractivity contribution >= 4 is 0 Å². The molecule has 0 aromatic heterocycles. The van der Waals surface area contributed by atoms with Gasteiger partial charge in [0.2, 0.25) is 0 Å². The maximum atomic E-state index is 9.22. The van der Waals surface area contributed by atoms with Gasteiger partial charge in [-0.2, -0.15) is 0 Å². The standard InChI is InChI=1S/C23H24O2/c1-2-16-25-23-13-8-18(14-15-24)17-22(23)21-11-9-20(10-12-21)19-6-4-3-5-7-19/h3-13,17,24H,2,14-16H2,1H3. The number of benzene rings is 3. The van der Waals surface area contributed by atoms with Crippen molar-refractivity contribution in [2.45, 2.75) is 19.8 Å². The van der Waals surface area contributed by atoms with E-state index in [1.807, 2.05) is 18.2 Å². The molecular formula is C23H24O2. The van der Waals surface area contributed by atoms with Gasteiger partial charge in [-0.3, -0.25) is 0 Å². The predicted molar refractivity (Wildman–Crippen MR) is 104 cm³/mol. The first-order valence-corrected chi connectivity index (χ1v) is 8.84. The van der Waals surface area contributed by atoms with Crippen molar-refractivity contribution < 1.29 is 9.84 Å². The van der Waals surface area contributed by atoms with Crippen molar-refractivity contribution in [1.29, 1.82) is 0 Å². The first-order valence-electron chi connectivity index (χ1n) is 8.84. The lowest BCUT2D eigenvalue weighted by molar-refractivity contribution is 0.299. The van der Waals surface area contributed by atoms with E-state index >= 15 is 0 Å². The summed E-state index contributed by atoms with van der Waals surface area (Å²) in [6, 6.07) is 25.1. The van der Waals surface area contributed by atoms with Gasteiger partial charge >= 0.3 is 0 Å². The zero-order valence-electron chi connectivity index (χ0n) is 14.6. The number of aliphatic hydroxyl groups is 1. The van der Waals surface area contributed by atoms with Crippen LogP contribution >= 0.6 is 0 Å². The largest absolute Gasteiger partial charge is 0.493 e. The van der Waals surface area contributed by atoms with Crippen LogP contribution < -0.4 is 4.74 Å². The third kappa shape index (κ3) is 4.28. The number of hydrogen-bond acceptors (Lipinski definition) is 2. The van der Waals surface area contributed by atoms with Crippen molar-refractivity contribution in [2.75, 3.05) is 13.2 Å². The second-order valence-electron chi connectivity index (χ2n) is 6.10. The molecule has 0 amide bonds. The van der Waals surface area contributed by atoms with Crippen LogP contribution in [0.2, 0.25) is 0 Å². The van der Waals surface area contributed by atoms with Crippen LogP contribution in [-0.4, -0.2) is 18.3 Å². The molecule has 3 rings (SSSR count). The van der Waals surface area contributed by atoms with Crippen molar-refractivity contribution in [1.82, 2.24) is 0 Å². The van der Waals surface area contributed by atoms with Crippen LogP contribution in [0, 0.1) is 0 Å². The molecule has 25 heavy (non-hydrogen) atoms. The molecule has 128 valence electrons. The second-order valence-corrected chi connectivity index (χ2v) is 6.10. The fourth-order valence-corrected chi connectivity index (χ4v) is 2.90. The van der Waals surface area contributed by atoms with Crippen LogP contribution in [0.4, 0.5) is 0 Å². The highest BCUT2D eigenvalue weighted by Gasteiger charge is 2.09. The first kappa shape index (κ1) is 17.2. The van der Waals surface area contributed by atoms with Gasteiger partial charge in [0.25, 0.3) is 0 Å². The third-order valence-corrected chi connectivity index (χ3v) is 4.21. The Labute approximate surface area is 149 Å². The lowest BCUT2D eigenvalue weighted by Gasteiger charge is -2.13. The Hall–Kier alpha value is -2.58. The summed E-state index contributed by atoms with van der Waals surface area (Å²) in [5, 5.41) is 9.22. The molecule has 0 spiro atoms. The highest BCUT2D eigenvalue weighted by Crippen LogP contribution is 2.33. The summed E-state index contributed by atoms with van der Waals surface area (Å²) < 4.78 is 5.93. The van der Waals surface area contributed by atoms with Gasteiger partial charge in [-0.05, 0) is 47.2 Å². The van der Waals surface area contributed by atoms with Crippen LogP contribution in [0.15, 0.2) is 72.8 Å². The molecule has 0 radical (unpaired) electrons. The van der Waals surface area contributed by atoms with Crippen molar-refractivity contribution in [3.63, 3.8) is 0 Å². The SMILES string of the molecule is CCCOc1ccc(CCO)cc1-c1ccc(-c2ccccc2)cc1. The Morgan fingerprint density at radius 3 is 2.16 bits per heavy atom. The van der Waals surface area contributed by atoms with Gasteiger partial charge in [-0.25, -0.2) is 0 Å². The number of aliphatic hydroxyl groups excluding tert-OH is 1. The van der Waals surface area contributed by atoms with E-state index in [4.69, 9.17) is 4.74 Å². The molecule has 0 bridgehead atoms. The van der Waals surface area contributed by atoms with E-state index in [1.165, 1.54) is 11.1 Å². The van der Waals surface area contributed by atoms with E-state index in [-0.39, 0.29) is 6.61 Å². The average Bonchev–Trinajstić information content (AvgIpc) is 2.68. The van der Waals surface area contributed by atoms with Gasteiger partial charge in [-0.15, -0.1) is 0 Å². The smallest absolute Gasteiger partial charge is 0.127 e. The molecule has 0 fully saturated rings. The molecule has 0 atom stereocenters. The minimum absolute atomic E-state index is 0.154. The highest BCUT2D eigenvalue weighted by molar-refractivity contribution is 5.74. The molecule has 0 heterocycles. The Bertz CT molecular complexity index is 792. The minimum atomic E-state index is 0.154. The summed E-state index contributed by atoms with van der Waals surface area (Å²) in [5.74, 6) is 0.899. The van der Waals surface area contributed by atoms with Gasteiger partial charge in [0.05, 0.1) is 6.61 Å². The fraction of sp³-hybridized carbons (Fsp3) is 0.217. The third-order valence-electron chi connectivity index (χ3n) is 4.21. The minimum Gasteiger partial charge on any atom is -0.493 e. The highest BCUT2D eigenvalue weighted by atomic mass is 16.5. The molecule has 0 aliphatic rings. The van der Waals surface area contributed by atoms with E-state index in [1.54, 1.807) is 0 Å². The molecule has 0 aliphatic heterocycles. The zero-order valence-corrected chi connectivity index (χ0v) is 14.6. The molecule has 1 N–H and O–H groups in total. The predicted octanol–water partition coefficient (Wildman–Crippen LogP) is 5.34. The lowest BCUT2D eigenvalue weighted by atomic mass is 9.98. The zero-order chi connectivity index (χ0) is 17.5. The van der Waals surface area contributed by atoms with Crippen LogP contribution in [0.1, 0.15) is 18.9 Å². The quantitative estimate of drug-likeness (QED) is 0.632. The molecular weight excluding hydrogens is 308 g/mol. The Morgan fingerprint density at radius 2 is 1.48 bits per heavy atom. The molecule has 0 saturated heterocycles. The Balaban J connectivity index is 1.94. The molecule has 3 aromatic rings. The van der Waals surface area contributed by atoms with Crippen LogP contribution in [0.5, 0.6) is 5.75 Å². The summed E-state index contributed by atoms with van der Waals surface area (Å²) in [7, 11) is 0. The summed E-state index contributed by atoms with van der Waals surface area (Å²) in [6.45, 7) is 2.96. The van der Waals surface area contributed by atoms with Gasteiger partial charge in [-0.1, -0.05) is 67.6 Å². The molecule has 0 unspecified atom stereocenters. The molecule has 0 saturated carbocycles. The van der Waals surface area contributed by atoms with E-state index in [2.05, 4.69) is 61.5 Å². The van der Waals surface area contributed by atoms with E-state index in [0.29, 0.717) is 13.0 Å². The van der Waals surface area contributed by atoms with E-state index in [0.717, 1.165) is 28.9 Å². The van der Waals surface area contributed by atoms with Crippen molar-refractivity contribution in [2.24, 2.45) is 0 Å². The summed E-state index contributed by atoms with van der Waals surface area (Å²) >= 11 is 0. The molecule has 3 aromatic carbocycles. The maximum Gasteiger partial charge on any atom is 0.127 e. The number of rotatable bonds is 7. The van der Waals surface area contributed by atoms with Gasteiger partial charge in [0.1, 0.15) is 5.75 Å². The molecule has 2 heteroatoms. The molecule has 2 nitrogen and oxygen atoms in total. The number of hydrogen-bond donors (Lipinski definition) is 1. The maximum absolute atomic E-state index is 9.22. The topological polar surface area (TPSA) is 29.5 Å². The average molecular weight is 332 g/mol. The number of ether oxygens (including phenoxy) is 1. The van der Waals surface area contributed by atoms with E-state index in [9.17, 15) is 5.11 Å². The fourth-order valence-electron chi connectivity index (χ4n) is 2.90. The van der Waals surface area contributed by atoms with Crippen LogP contribution in [-0.2, 0) is 6.42 Å². The van der Waals surface area contributed by atoms with Crippen LogP contribution in [0.25, 0.3) is 22.3 Å². The van der Waals surface area contributed by atoms with E-state index < -0.39 is 0 Å². The monoisotopic (exact) mass is 332 g/mol. The van der Waals surface area contributed by atoms with Crippen molar-refractivity contribution in [3.05, 3.63) is 78.4 Å². The summed E-state index contributed by atoms with van der Waals surface area (Å²) in [4.78, 5) is 0.